The highest BCUT2D eigenvalue weighted by atomic mass is 19.3. The fraction of sp³-hybridized carbons (Fsp3) is 0.286. The van der Waals surface area contributed by atoms with Gasteiger partial charge in [-0.15, -0.1) is 0 Å². The van der Waals surface area contributed by atoms with Crippen molar-refractivity contribution in [2.75, 3.05) is 5.43 Å². The maximum Gasteiger partial charge on any atom is 0.263 e. The number of aromatic nitrogens is 2. The minimum absolute atomic E-state index is 0.0205. The summed E-state index contributed by atoms with van der Waals surface area (Å²) >= 11 is 0. The van der Waals surface area contributed by atoms with E-state index in [1.165, 1.54) is 12.1 Å². The molecule has 0 aliphatic heterocycles. The van der Waals surface area contributed by atoms with Gasteiger partial charge >= 0.3 is 0 Å². The Hall–Kier alpha value is -2.08. The molecule has 6 heteroatoms. The molecule has 1 aromatic carbocycles. The summed E-state index contributed by atoms with van der Waals surface area (Å²) in [7, 11) is 0. The maximum atomic E-state index is 12.5. The van der Waals surface area contributed by atoms with Gasteiger partial charge in [-0.1, -0.05) is 31.2 Å². The van der Waals surface area contributed by atoms with Gasteiger partial charge in [0.05, 0.1) is 0 Å². The number of nitrogens with two attached hydrogens (primary N) is 1. The fourth-order valence-electron chi connectivity index (χ4n) is 2.05. The quantitative estimate of drug-likeness (QED) is 0.665. The second kappa shape index (κ2) is 5.92. The first kappa shape index (κ1) is 14.3. The second-order valence-electron chi connectivity index (χ2n) is 4.38. The molecule has 0 amide bonds. The standard InChI is InChI=1S/C14H16F2N4/c1-3-11-8(2)18-13(19-14(11)20-17)10-6-4-9(5-7-10)12(15)16/h4-7,12H,3,17H2,1-2H3,(H,18,19,20). The van der Waals surface area contributed by atoms with Gasteiger partial charge in [-0.3, -0.25) is 0 Å². The molecule has 0 atom stereocenters. The summed E-state index contributed by atoms with van der Waals surface area (Å²) in [5.41, 5.74) is 4.98. The number of nitrogens with zero attached hydrogens (tertiary/aromatic N) is 2. The lowest BCUT2D eigenvalue weighted by Gasteiger charge is -2.11. The minimum Gasteiger partial charge on any atom is -0.308 e. The summed E-state index contributed by atoms with van der Waals surface area (Å²) in [5, 5.41) is 0. The lowest BCUT2D eigenvalue weighted by atomic mass is 10.1. The van der Waals surface area contributed by atoms with Gasteiger partial charge in [0, 0.05) is 22.4 Å². The molecule has 1 heterocycles. The summed E-state index contributed by atoms with van der Waals surface area (Å²) in [4.78, 5) is 8.74. The van der Waals surface area contributed by atoms with Crippen LogP contribution in [0, 0.1) is 6.92 Å². The molecule has 0 bridgehead atoms. The highest BCUT2D eigenvalue weighted by molar-refractivity contribution is 5.60. The number of hydrogen-bond donors (Lipinski definition) is 2. The number of hydrazine groups is 1. The molecule has 2 rings (SSSR count). The highest BCUT2D eigenvalue weighted by Crippen LogP contribution is 2.25. The van der Waals surface area contributed by atoms with E-state index >= 15 is 0 Å². The van der Waals surface area contributed by atoms with E-state index in [0.29, 0.717) is 17.2 Å². The number of nitrogens with one attached hydrogen (secondary N) is 1. The summed E-state index contributed by atoms with van der Waals surface area (Å²) in [6, 6.07) is 5.92. The zero-order valence-electron chi connectivity index (χ0n) is 11.3. The Morgan fingerprint density at radius 2 is 1.85 bits per heavy atom. The number of hydrogen-bond acceptors (Lipinski definition) is 4. The lowest BCUT2D eigenvalue weighted by Crippen LogP contribution is -2.13. The van der Waals surface area contributed by atoms with Crippen molar-refractivity contribution in [3.63, 3.8) is 0 Å². The molecule has 0 spiro atoms. The third-order valence-electron chi connectivity index (χ3n) is 3.13. The van der Waals surface area contributed by atoms with Crippen molar-refractivity contribution in [1.29, 1.82) is 0 Å². The first-order valence-electron chi connectivity index (χ1n) is 6.29. The SMILES string of the molecule is CCc1c(C)nc(-c2ccc(C(F)F)cc2)nc1NN. The van der Waals surface area contributed by atoms with Gasteiger partial charge in [-0.05, 0) is 13.3 Å². The predicted octanol–water partition coefficient (Wildman–Crippen LogP) is 3.24. The Labute approximate surface area is 116 Å². The fourth-order valence-corrected chi connectivity index (χ4v) is 2.05. The third kappa shape index (κ3) is 2.75. The molecule has 4 nitrogen and oxygen atoms in total. The average Bonchev–Trinajstić information content (AvgIpc) is 2.46. The van der Waals surface area contributed by atoms with Crippen LogP contribution in [-0.2, 0) is 6.42 Å². The molecule has 0 radical (unpaired) electrons. The molecule has 0 aliphatic rings. The molecular formula is C14H16F2N4. The topological polar surface area (TPSA) is 63.8 Å². The van der Waals surface area contributed by atoms with Crippen LogP contribution in [0.3, 0.4) is 0 Å². The zero-order chi connectivity index (χ0) is 14.7. The van der Waals surface area contributed by atoms with Crippen LogP contribution in [0.1, 0.15) is 30.2 Å². The van der Waals surface area contributed by atoms with E-state index in [1.807, 2.05) is 13.8 Å². The van der Waals surface area contributed by atoms with Gasteiger partial charge in [0.1, 0.15) is 5.82 Å². The summed E-state index contributed by atoms with van der Waals surface area (Å²) in [6.07, 6.45) is -1.72. The van der Waals surface area contributed by atoms with E-state index in [0.717, 1.165) is 17.7 Å². The molecular weight excluding hydrogens is 262 g/mol. The van der Waals surface area contributed by atoms with Gasteiger partial charge in [0.15, 0.2) is 5.82 Å². The Bertz CT molecular complexity index is 597. The van der Waals surface area contributed by atoms with Crippen LogP contribution in [-0.4, -0.2) is 9.97 Å². The van der Waals surface area contributed by atoms with Crippen LogP contribution in [0.2, 0.25) is 0 Å². The van der Waals surface area contributed by atoms with Crippen LogP contribution >= 0.6 is 0 Å². The molecule has 0 aliphatic carbocycles. The summed E-state index contributed by atoms with van der Waals surface area (Å²) in [6.45, 7) is 3.86. The van der Waals surface area contributed by atoms with Crippen molar-refractivity contribution in [3.05, 3.63) is 41.1 Å². The highest BCUT2D eigenvalue weighted by Gasteiger charge is 2.12. The van der Waals surface area contributed by atoms with E-state index in [-0.39, 0.29) is 5.56 Å². The molecule has 0 saturated heterocycles. The first-order chi connectivity index (χ1) is 9.56. The van der Waals surface area contributed by atoms with Crippen molar-refractivity contribution < 1.29 is 8.78 Å². The van der Waals surface area contributed by atoms with Crippen LogP contribution in [0.4, 0.5) is 14.6 Å². The number of benzene rings is 1. The molecule has 106 valence electrons. The van der Waals surface area contributed by atoms with Gasteiger partial charge in [-0.25, -0.2) is 24.6 Å². The van der Waals surface area contributed by atoms with E-state index in [4.69, 9.17) is 5.84 Å². The second-order valence-corrected chi connectivity index (χ2v) is 4.38. The van der Waals surface area contributed by atoms with E-state index in [9.17, 15) is 8.78 Å². The minimum atomic E-state index is -2.48. The number of halogens is 2. The Balaban J connectivity index is 2.44. The zero-order valence-corrected chi connectivity index (χ0v) is 11.3. The molecule has 3 N–H and O–H groups in total. The van der Waals surface area contributed by atoms with Crippen molar-refractivity contribution in [2.24, 2.45) is 5.84 Å². The molecule has 20 heavy (non-hydrogen) atoms. The van der Waals surface area contributed by atoms with Crippen molar-refractivity contribution in [2.45, 2.75) is 26.7 Å². The normalized spacial score (nSPS) is 10.9. The summed E-state index contributed by atoms with van der Waals surface area (Å²) < 4.78 is 25.0. The molecule has 0 fully saturated rings. The Morgan fingerprint density at radius 1 is 1.20 bits per heavy atom. The first-order valence-corrected chi connectivity index (χ1v) is 6.29. The number of rotatable bonds is 4. The maximum absolute atomic E-state index is 12.5. The smallest absolute Gasteiger partial charge is 0.263 e. The Morgan fingerprint density at radius 3 is 2.35 bits per heavy atom. The average molecular weight is 278 g/mol. The molecule has 0 unspecified atom stereocenters. The van der Waals surface area contributed by atoms with Gasteiger partial charge in [0.25, 0.3) is 6.43 Å². The molecule has 2 aromatic rings. The van der Waals surface area contributed by atoms with Gasteiger partial charge in [-0.2, -0.15) is 0 Å². The molecule has 0 saturated carbocycles. The van der Waals surface area contributed by atoms with Gasteiger partial charge < -0.3 is 5.43 Å². The van der Waals surface area contributed by atoms with Gasteiger partial charge in [0.2, 0.25) is 0 Å². The monoisotopic (exact) mass is 278 g/mol. The van der Waals surface area contributed by atoms with Crippen molar-refractivity contribution in [1.82, 2.24) is 9.97 Å². The van der Waals surface area contributed by atoms with Crippen LogP contribution < -0.4 is 11.3 Å². The number of nitrogen functional groups attached to an aromatic ring is 1. The van der Waals surface area contributed by atoms with E-state index < -0.39 is 6.43 Å². The molecule has 1 aromatic heterocycles. The van der Waals surface area contributed by atoms with E-state index in [1.54, 1.807) is 12.1 Å². The summed E-state index contributed by atoms with van der Waals surface area (Å²) in [5.74, 6) is 6.50. The van der Waals surface area contributed by atoms with E-state index in [2.05, 4.69) is 15.4 Å². The Kier molecular flexibility index (Phi) is 4.24. The third-order valence-corrected chi connectivity index (χ3v) is 3.13. The van der Waals surface area contributed by atoms with Crippen LogP contribution in [0.5, 0.6) is 0 Å². The largest absolute Gasteiger partial charge is 0.308 e. The number of anilines is 1. The van der Waals surface area contributed by atoms with Crippen molar-refractivity contribution >= 4 is 5.82 Å². The van der Waals surface area contributed by atoms with Crippen LogP contribution in [0.25, 0.3) is 11.4 Å². The van der Waals surface area contributed by atoms with Crippen LogP contribution in [0.15, 0.2) is 24.3 Å². The van der Waals surface area contributed by atoms with Crippen molar-refractivity contribution in [3.8, 4) is 11.4 Å². The lowest BCUT2D eigenvalue weighted by molar-refractivity contribution is 0.151. The number of aryl methyl sites for hydroxylation is 1. The predicted molar refractivity (Wildman–Crippen MR) is 74.4 cm³/mol. The number of alkyl halides is 2.